The van der Waals surface area contributed by atoms with Crippen molar-refractivity contribution in [1.29, 1.82) is 0 Å². The normalized spacial score (nSPS) is 33.8. The lowest BCUT2D eigenvalue weighted by molar-refractivity contribution is -0.130. The number of hydrogen-bond acceptors (Lipinski definition) is 2. The van der Waals surface area contributed by atoms with E-state index in [0.29, 0.717) is 18.1 Å². The molecule has 1 aliphatic heterocycles. The number of methoxy groups -OCH3 is 1. The number of rotatable bonds is 2. The Morgan fingerprint density at radius 2 is 2.00 bits per heavy atom. The van der Waals surface area contributed by atoms with E-state index in [4.69, 9.17) is 4.74 Å². The Balaban J connectivity index is 1.85. The predicted octanol–water partition coefficient (Wildman–Crippen LogP) is 1.57. The summed E-state index contributed by atoms with van der Waals surface area (Å²) >= 11 is 0. The van der Waals surface area contributed by atoms with Gasteiger partial charge in [-0.15, -0.1) is 0 Å². The van der Waals surface area contributed by atoms with Crippen molar-refractivity contribution in [3.05, 3.63) is 0 Å². The van der Waals surface area contributed by atoms with Crippen molar-refractivity contribution >= 4 is 5.91 Å². The van der Waals surface area contributed by atoms with Gasteiger partial charge < -0.3 is 9.64 Å². The second kappa shape index (κ2) is 4.30. The molecule has 0 N–H and O–H groups in total. The molecule has 0 spiro atoms. The summed E-state index contributed by atoms with van der Waals surface area (Å²) in [6.45, 7) is 0.987. The molecule has 0 aromatic heterocycles. The average molecular weight is 197 g/mol. The smallest absolute Gasteiger partial charge is 0.222 e. The fourth-order valence-corrected chi connectivity index (χ4v) is 2.65. The summed E-state index contributed by atoms with van der Waals surface area (Å²) in [4.78, 5) is 13.6. The second-order valence-corrected chi connectivity index (χ2v) is 4.36. The summed E-state index contributed by atoms with van der Waals surface area (Å²) in [6.07, 6.45) is 6.75. The topological polar surface area (TPSA) is 29.5 Å². The number of carbonyl (C=O) groups is 1. The van der Waals surface area contributed by atoms with Gasteiger partial charge in [0.1, 0.15) is 0 Å². The fraction of sp³-hybridized carbons (Fsp3) is 0.909. The van der Waals surface area contributed by atoms with Crippen LogP contribution in [-0.4, -0.2) is 36.6 Å². The summed E-state index contributed by atoms with van der Waals surface area (Å²) in [5.41, 5.74) is 0. The minimum atomic E-state index is 0.367. The first kappa shape index (κ1) is 9.97. The molecule has 1 saturated heterocycles. The Morgan fingerprint density at radius 3 is 2.50 bits per heavy atom. The molecule has 2 fully saturated rings. The van der Waals surface area contributed by atoms with Crippen molar-refractivity contribution in [1.82, 2.24) is 4.90 Å². The summed E-state index contributed by atoms with van der Waals surface area (Å²) in [5, 5.41) is 0. The Hall–Kier alpha value is -0.570. The summed E-state index contributed by atoms with van der Waals surface area (Å²) in [7, 11) is 1.78. The van der Waals surface area contributed by atoms with Crippen LogP contribution in [0.4, 0.5) is 0 Å². The van der Waals surface area contributed by atoms with Gasteiger partial charge in [0, 0.05) is 26.1 Å². The highest BCUT2D eigenvalue weighted by Gasteiger charge is 2.31. The maximum atomic E-state index is 11.5. The SMILES string of the molecule is COC1CCC(N2CCCC2=O)CC1. The van der Waals surface area contributed by atoms with Crippen LogP contribution >= 0.6 is 0 Å². The Morgan fingerprint density at radius 1 is 1.29 bits per heavy atom. The molecule has 1 amide bonds. The summed E-state index contributed by atoms with van der Waals surface area (Å²) < 4.78 is 5.33. The molecular weight excluding hydrogens is 178 g/mol. The van der Waals surface area contributed by atoms with Gasteiger partial charge in [-0.1, -0.05) is 0 Å². The van der Waals surface area contributed by atoms with E-state index in [1.165, 1.54) is 0 Å². The van der Waals surface area contributed by atoms with Gasteiger partial charge in [0.05, 0.1) is 6.10 Å². The third kappa shape index (κ3) is 1.92. The zero-order valence-electron chi connectivity index (χ0n) is 8.87. The zero-order valence-corrected chi connectivity index (χ0v) is 8.87. The molecule has 2 rings (SSSR count). The first-order valence-corrected chi connectivity index (χ1v) is 5.63. The number of amides is 1. The van der Waals surface area contributed by atoms with E-state index in [1.807, 2.05) is 0 Å². The van der Waals surface area contributed by atoms with Crippen LogP contribution < -0.4 is 0 Å². The Bertz CT molecular complexity index is 209. The van der Waals surface area contributed by atoms with Crippen molar-refractivity contribution in [2.24, 2.45) is 0 Å². The zero-order chi connectivity index (χ0) is 9.97. The molecule has 1 saturated carbocycles. The molecule has 0 unspecified atom stereocenters. The predicted molar refractivity (Wildman–Crippen MR) is 54.0 cm³/mol. The van der Waals surface area contributed by atoms with Gasteiger partial charge in [-0.25, -0.2) is 0 Å². The quantitative estimate of drug-likeness (QED) is 0.672. The van der Waals surface area contributed by atoms with Crippen LogP contribution in [0.15, 0.2) is 0 Å². The van der Waals surface area contributed by atoms with Crippen LogP contribution in [0.3, 0.4) is 0 Å². The fourth-order valence-electron chi connectivity index (χ4n) is 2.65. The maximum absolute atomic E-state index is 11.5. The van der Waals surface area contributed by atoms with E-state index in [9.17, 15) is 4.79 Å². The van der Waals surface area contributed by atoms with Gasteiger partial charge in [-0.3, -0.25) is 4.79 Å². The lowest BCUT2D eigenvalue weighted by Crippen LogP contribution is -2.39. The summed E-state index contributed by atoms with van der Waals surface area (Å²) in [5.74, 6) is 0.367. The van der Waals surface area contributed by atoms with E-state index >= 15 is 0 Å². The molecule has 0 bridgehead atoms. The molecule has 0 radical (unpaired) electrons. The van der Waals surface area contributed by atoms with Gasteiger partial charge in [0.25, 0.3) is 0 Å². The number of hydrogen-bond donors (Lipinski definition) is 0. The van der Waals surface area contributed by atoms with Gasteiger partial charge >= 0.3 is 0 Å². The highest BCUT2D eigenvalue weighted by Crippen LogP contribution is 2.27. The molecule has 14 heavy (non-hydrogen) atoms. The molecule has 3 heteroatoms. The van der Waals surface area contributed by atoms with Gasteiger partial charge in [0.15, 0.2) is 0 Å². The van der Waals surface area contributed by atoms with E-state index in [-0.39, 0.29) is 0 Å². The lowest BCUT2D eigenvalue weighted by atomic mass is 9.92. The minimum absolute atomic E-state index is 0.367. The van der Waals surface area contributed by atoms with Crippen LogP contribution in [0.1, 0.15) is 38.5 Å². The molecule has 0 atom stereocenters. The molecule has 80 valence electrons. The molecule has 1 heterocycles. The number of carbonyl (C=O) groups excluding carboxylic acids is 1. The van der Waals surface area contributed by atoms with Crippen LogP contribution in [0.25, 0.3) is 0 Å². The van der Waals surface area contributed by atoms with Crippen LogP contribution in [0.5, 0.6) is 0 Å². The van der Waals surface area contributed by atoms with Crippen molar-refractivity contribution in [2.45, 2.75) is 50.7 Å². The van der Waals surface area contributed by atoms with Crippen LogP contribution in [0.2, 0.25) is 0 Å². The number of likely N-dealkylation sites (tertiary alicyclic amines) is 1. The highest BCUT2D eigenvalue weighted by molar-refractivity contribution is 5.78. The second-order valence-electron chi connectivity index (χ2n) is 4.36. The summed E-state index contributed by atoms with van der Waals surface area (Å²) in [6, 6.07) is 0.511. The number of nitrogens with zero attached hydrogens (tertiary/aromatic N) is 1. The lowest BCUT2D eigenvalue weighted by Gasteiger charge is -2.34. The molecule has 2 aliphatic rings. The van der Waals surface area contributed by atoms with E-state index < -0.39 is 0 Å². The first-order valence-electron chi connectivity index (χ1n) is 5.63. The first-order chi connectivity index (χ1) is 6.81. The standard InChI is InChI=1S/C11H19NO2/c1-14-10-6-4-9(5-7-10)12-8-2-3-11(12)13/h9-10H,2-8H2,1H3. The van der Waals surface area contributed by atoms with Gasteiger partial charge in [0.2, 0.25) is 5.91 Å². The van der Waals surface area contributed by atoms with Gasteiger partial charge in [-0.05, 0) is 32.1 Å². The third-order valence-electron chi connectivity index (χ3n) is 3.53. The Kier molecular flexibility index (Phi) is 3.06. The third-order valence-corrected chi connectivity index (χ3v) is 3.53. The van der Waals surface area contributed by atoms with Crippen LogP contribution in [0, 0.1) is 0 Å². The molecule has 0 aromatic carbocycles. The molecular formula is C11H19NO2. The van der Waals surface area contributed by atoms with Crippen molar-refractivity contribution in [3.63, 3.8) is 0 Å². The van der Waals surface area contributed by atoms with Crippen LogP contribution in [-0.2, 0) is 9.53 Å². The monoisotopic (exact) mass is 197 g/mol. The van der Waals surface area contributed by atoms with Crippen molar-refractivity contribution in [2.75, 3.05) is 13.7 Å². The maximum Gasteiger partial charge on any atom is 0.222 e. The van der Waals surface area contributed by atoms with E-state index in [1.54, 1.807) is 7.11 Å². The van der Waals surface area contributed by atoms with Crippen molar-refractivity contribution in [3.8, 4) is 0 Å². The average Bonchev–Trinajstić information content (AvgIpc) is 2.65. The highest BCUT2D eigenvalue weighted by atomic mass is 16.5. The molecule has 3 nitrogen and oxygen atoms in total. The minimum Gasteiger partial charge on any atom is -0.381 e. The van der Waals surface area contributed by atoms with Gasteiger partial charge in [-0.2, -0.15) is 0 Å². The van der Waals surface area contributed by atoms with E-state index in [0.717, 1.165) is 45.1 Å². The molecule has 0 aromatic rings. The van der Waals surface area contributed by atoms with Crippen molar-refractivity contribution < 1.29 is 9.53 Å². The largest absolute Gasteiger partial charge is 0.381 e. The number of ether oxygens (including phenoxy) is 1. The molecule has 1 aliphatic carbocycles. The Labute approximate surface area is 85.4 Å². The van der Waals surface area contributed by atoms with E-state index in [2.05, 4.69) is 4.90 Å².